The molecular formula is C14H19Cl2NO. The molecule has 100 valence electrons. The van der Waals surface area contributed by atoms with E-state index in [0.717, 1.165) is 42.3 Å². The highest BCUT2D eigenvalue weighted by molar-refractivity contribution is 6.30. The molecule has 0 radical (unpaired) electrons. The fraction of sp³-hybridized carbons (Fsp3) is 0.571. The van der Waals surface area contributed by atoms with Gasteiger partial charge in [-0.05, 0) is 49.9 Å². The van der Waals surface area contributed by atoms with Gasteiger partial charge in [0.05, 0.1) is 7.11 Å². The van der Waals surface area contributed by atoms with Crippen molar-refractivity contribution in [1.29, 1.82) is 0 Å². The van der Waals surface area contributed by atoms with Crippen molar-refractivity contribution in [1.82, 2.24) is 5.32 Å². The smallest absolute Gasteiger partial charge is 0.123 e. The lowest BCUT2D eigenvalue weighted by atomic mass is 10.1. The van der Waals surface area contributed by atoms with Crippen LogP contribution < -0.4 is 10.1 Å². The van der Waals surface area contributed by atoms with E-state index in [1.165, 1.54) is 6.42 Å². The second kappa shape index (κ2) is 6.65. The molecule has 0 aliphatic heterocycles. The van der Waals surface area contributed by atoms with Gasteiger partial charge in [-0.15, -0.1) is 11.6 Å². The maximum Gasteiger partial charge on any atom is 0.123 e. The summed E-state index contributed by atoms with van der Waals surface area (Å²) in [5, 5.41) is 4.59. The third-order valence-electron chi connectivity index (χ3n) is 3.47. The average Bonchev–Trinajstić information content (AvgIpc) is 2.75. The lowest BCUT2D eigenvalue weighted by molar-refractivity contribution is 0.405. The van der Waals surface area contributed by atoms with Crippen molar-refractivity contribution < 1.29 is 4.74 Å². The van der Waals surface area contributed by atoms with E-state index in [2.05, 4.69) is 5.32 Å². The van der Waals surface area contributed by atoms with Crippen molar-refractivity contribution in [3.8, 4) is 5.75 Å². The lowest BCUT2D eigenvalue weighted by Crippen LogP contribution is -2.21. The van der Waals surface area contributed by atoms with Crippen molar-refractivity contribution in [2.24, 2.45) is 5.92 Å². The van der Waals surface area contributed by atoms with Gasteiger partial charge < -0.3 is 10.1 Å². The Balaban J connectivity index is 1.84. The van der Waals surface area contributed by atoms with Gasteiger partial charge in [0, 0.05) is 22.5 Å². The Morgan fingerprint density at radius 2 is 2.22 bits per heavy atom. The van der Waals surface area contributed by atoms with Gasteiger partial charge in [0.15, 0.2) is 0 Å². The molecule has 1 aromatic rings. The van der Waals surface area contributed by atoms with E-state index in [0.29, 0.717) is 11.3 Å². The summed E-state index contributed by atoms with van der Waals surface area (Å²) in [5.74, 6) is 1.59. The van der Waals surface area contributed by atoms with Crippen molar-refractivity contribution in [2.45, 2.75) is 31.2 Å². The van der Waals surface area contributed by atoms with Crippen LogP contribution in [-0.4, -0.2) is 19.0 Å². The van der Waals surface area contributed by atoms with Gasteiger partial charge in [0.1, 0.15) is 5.75 Å². The first-order valence-electron chi connectivity index (χ1n) is 6.36. The first kappa shape index (κ1) is 14.0. The van der Waals surface area contributed by atoms with Gasteiger partial charge in [0.2, 0.25) is 0 Å². The van der Waals surface area contributed by atoms with Crippen LogP contribution in [0.4, 0.5) is 0 Å². The maximum atomic E-state index is 6.11. The van der Waals surface area contributed by atoms with E-state index < -0.39 is 0 Å². The Kier molecular flexibility index (Phi) is 5.16. The molecule has 18 heavy (non-hydrogen) atoms. The summed E-state index contributed by atoms with van der Waals surface area (Å²) in [6.07, 6.45) is 3.50. The number of alkyl halides is 1. The second-order valence-corrected chi connectivity index (χ2v) is 5.92. The highest BCUT2D eigenvalue weighted by Crippen LogP contribution is 2.29. The summed E-state index contributed by atoms with van der Waals surface area (Å²) in [7, 11) is 1.68. The Morgan fingerprint density at radius 3 is 2.89 bits per heavy atom. The van der Waals surface area contributed by atoms with E-state index in [9.17, 15) is 0 Å². The molecule has 2 atom stereocenters. The Bertz CT molecular complexity index is 397. The molecule has 2 rings (SSSR count). The molecule has 0 saturated heterocycles. The van der Waals surface area contributed by atoms with Gasteiger partial charge in [-0.2, -0.15) is 0 Å². The van der Waals surface area contributed by atoms with Crippen LogP contribution in [0.2, 0.25) is 5.02 Å². The summed E-state index contributed by atoms with van der Waals surface area (Å²) in [4.78, 5) is 0. The van der Waals surface area contributed by atoms with Gasteiger partial charge >= 0.3 is 0 Å². The van der Waals surface area contributed by atoms with Gasteiger partial charge in [-0.25, -0.2) is 0 Å². The van der Waals surface area contributed by atoms with Gasteiger partial charge in [0.25, 0.3) is 0 Å². The first-order chi connectivity index (χ1) is 8.69. The largest absolute Gasteiger partial charge is 0.496 e. The molecule has 1 aliphatic rings. The highest BCUT2D eigenvalue weighted by atomic mass is 35.5. The summed E-state index contributed by atoms with van der Waals surface area (Å²) in [6.45, 7) is 1.80. The molecule has 0 aromatic heterocycles. The summed E-state index contributed by atoms with van der Waals surface area (Å²) in [5.41, 5.74) is 1.10. The predicted molar refractivity (Wildman–Crippen MR) is 76.7 cm³/mol. The fourth-order valence-electron chi connectivity index (χ4n) is 2.50. The molecule has 4 heteroatoms. The molecule has 0 bridgehead atoms. The number of ether oxygens (including phenoxy) is 1. The Labute approximate surface area is 119 Å². The van der Waals surface area contributed by atoms with E-state index in [1.54, 1.807) is 7.11 Å². The molecule has 2 nitrogen and oxygen atoms in total. The van der Waals surface area contributed by atoms with E-state index in [-0.39, 0.29) is 0 Å². The zero-order chi connectivity index (χ0) is 13.0. The number of methoxy groups -OCH3 is 1. The third kappa shape index (κ3) is 3.78. The second-order valence-electron chi connectivity index (χ2n) is 4.86. The molecule has 2 unspecified atom stereocenters. The number of rotatable bonds is 5. The molecule has 1 aromatic carbocycles. The molecule has 0 amide bonds. The number of hydrogen-bond acceptors (Lipinski definition) is 2. The predicted octanol–water partition coefficient (Wildman–Crippen LogP) is 3.85. The summed E-state index contributed by atoms with van der Waals surface area (Å²) < 4.78 is 5.32. The van der Waals surface area contributed by atoms with Gasteiger partial charge in [-0.3, -0.25) is 0 Å². The minimum absolute atomic E-state index is 0.373. The van der Waals surface area contributed by atoms with Crippen LogP contribution in [0.25, 0.3) is 0 Å². The minimum Gasteiger partial charge on any atom is -0.496 e. The molecule has 1 N–H and O–H groups in total. The van der Waals surface area contributed by atoms with Crippen LogP contribution in [0.15, 0.2) is 18.2 Å². The van der Waals surface area contributed by atoms with Crippen LogP contribution in [0.1, 0.15) is 24.8 Å². The standard InChI is InChI=1S/C14H19Cl2NO/c1-18-14-5-4-13(16)7-11(14)9-17-8-10-2-3-12(15)6-10/h4-5,7,10,12,17H,2-3,6,8-9H2,1H3. The third-order valence-corrected chi connectivity index (χ3v) is 4.10. The summed E-state index contributed by atoms with van der Waals surface area (Å²) in [6, 6.07) is 5.70. The zero-order valence-corrected chi connectivity index (χ0v) is 12.1. The number of nitrogens with one attached hydrogen (secondary N) is 1. The molecule has 1 aliphatic carbocycles. The maximum absolute atomic E-state index is 6.11. The molecule has 0 heterocycles. The molecule has 1 fully saturated rings. The highest BCUT2D eigenvalue weighted by Gasteiger charge is 2.22. The summed E-state index contributed by atoms with van der Waals surface area (Å²) >= 11 is 12.1. The topological polar surface area (TPSA) is 21.3 Å². The van der Waals surface area contributed by atoms with E-state index in [4.69, 9.17) is 27.9 Å². The number of hydrogen-bond donors (Lipinski definition) is 1. The van der Waals surface area contributed by atoms with E-state index in [1.807, 2.05) is 18.2 Å². The molecule has 0 spiro atoms. The van der Waals surface area contributed by atoms with E-state index >= 15 is 0 Å². The zero-order valence-electron chi connectivity index (χ0n) is 10.6. The molecular weight excluding hydrogens is 269 g/mol. The van der Waals surface area contributed by atoms with Crippen LogP contribution in [0.5, 0.6) is 5.75 Å². The van der Waals surface area contributed by atoms with Crippen molar-refractivity contribution in [2.75, 3.05) is 13.7 Å². The molecule has 1 saturated carbocycles. The van der Waals surface area contributed by atoms with Crippen molar-refractivity contribution in [3.63, 3.8) is 0 Å². The van der Waals surface area contributed by atoms with Crippen LogP contribution in [-0.2, 0) is 6.54 Å². The first-order valence-corrected chi connectivity index (χ1v) is 7.17. The number of benzene rings is 1. The monoisotopic (exact) mass is 287 g/mol. The van der Waals surface area contributed by atoms with Gasteiger partial charge in [-0.1, -0.05) is 11.6 Å². The van der Waals surface area contributed by atoms with Crippen LogP contribution in [0.3, 0.4) is 0 Å². The van der Waals surface area contributed by atoms with Crippen LogP contribution in [0, 0.1) is 5.92 Å². The normalized spacial score (nSPS) is 23.3. The minimum atomic E-state index is 0.373. The van der Waals surface area contributed by atoms with Crippen molar-refractivity contribution >= 4 is 23.2 Å². The Morgan fingerprint density at radius 1 is 1.39 bits per heavy atom. The SMILES string of the molecule is COc1ccc(Cl)cc1CNCC1CCC(Cl)C1. The quantitative estimate of drug-likeness (QED) is 0.831. The van der Waals surface area contributed by atoms with Crippen LogP contribution >= 0.6 is 23.2 Å². The lowest BCUT2D eigenvalue weighted by Gasteiger charge is -2.13. The Hall–Kier alpha value is -0.440. The fourth-order valence-corrected chi connectivity index (χ4v) is 3.07. The average molecular weight is 288 g/mol. The van der Waals surface area contributed by atoms with Crippen molar-refractivity contribution in [3.05, 3.63) is 28.8 Å². The number of halogens is 2.